The van der Waals surface area contributed by atoms with Crippen LogP contribution in [0.5, 0.6) is 0 Å². The van der Waals surface area contributed by atoms with E-state index in [0.717, 1.165) is 16.7 Å². The Labute approximate surface area is 126 Å². The highest BCUT2D eigenvalue weighted by atomic mass is 16.5. The minimum absolute atomic E-state index is 0.00352. The summed E-state index contributed by atoms with van der Waals surface area (Å²) >= 11 is 0. The van der Waals surface area contributed by atoms with Crippen molar-refractivity contribution in [1.29, 1.82) is 0 Å². The Bertz CT molecular complexity index is 851. The van der Waals surface area contributed by atoms with E-state index in [1.165, 1.54) is 7.11 Å². The zero-order valence-corrected chi connectivity index (χ0v) is 12.9. The molecule has 116 valence electrons. The summed E-state index contributed by atoms with van der Waals surface area (Å²) in [5.74, 6) is 1.10. The smallest absolute Gasteiger partial charge is 0.246 e. The van der Waals surface area contributed by atoms with Gasteiger partial charge in [0.2, 0.25) is 11.6 Å². The molecule has 0 unspecified atom stereocenters. The van der Waals surface area contributed by atoms with Crippen LogP contribution in [-0.2, 0) is 9.53 Å². The standard InChI is InChI=1S/C14H17N5O3/c1-7-9(3)22-14-11(7)13-17-12(18-19(13)6-15-14)8(2)16-10(20)5-21-4/h6,8H,5H2,1-4H3,(H,16,20)/t8-/m1/s1. The van der Waals surface area contributed by atoms with Crippen LogP contribution in [0.25, 0.3) is 16.7 Å². The van der Waals surface area contributed by atoms with Crippen LogP contribution in [0.15, 0.2) is 10.7 Å². The molecule has 8 heteroatoms. The van der Waals surface area contributed by atoms with Crippen molar-refractivity contribution in [3.05, 3.63) is 23.5 Å². The van der Waals surface area contributed by atoms with Crippen LogP contribution in [0.2, 0.25) is 0 Å². The number of hydrogen-bond donors (Lipinski definition) is 1. The fourth-order valence-corrected chi connectivity index (χ4v) is 2.32. The fourth-order valence-electron chi connectivity index (χ4n) is 2.32. The first-order valence-electron chi connectivity index (χ1n) is 6.90. The van der Waals surface area contributed by atoms with Gasteiger partial charge in [0.1, 0.15) is 18.7 Å². The average Bonchev–Trinajstić information content (AvgIpc) is 3.01. The molecule has 8 nitrogen and oxygen atoms in total. The maximum absolute atomic E-state index is 11.6. The Kier molecular flexibility index (Phi) is 3.53. The van der Waals surface area contributed by atoms with Crippen LogP contribution in [0.1, 0.15) is 30.1 Å². The Morgan fingerprint density at radius 2 is 2.27 bits per heavy atom. The average molecular weight is 303 g/mol. The van der Waals surface area contributed by atoms with E-state index in [4.69, 9.17) is 9.15 Å². The summed E-state index contributed by atoms with van der Waals surface area (Å²) in [5, 5.41) is 7.99. The molecule has 1 atom stereocenters. The van der Waals surface area contributed by atoms with Crippen molar-refractivity contribution in [3.8, 4) is 0 Å². The number of aromatic nitrogens is 4. The maximum Gasteiger partial charge on any atom is 0.246 e. The van der Waals surface area contributed by atoms with Crippen LogP contribution in [0.4, 0.5) is 0 Å². The molecule has 0 aromatic carbocycles. The Morgan fingerprint density at radius 3 is 3.00 bits per heavy atom. The van der Waals surface area contributed by atoms with Crippen molar-refractivity contribution in [1.82, 2.24) is 24.9 Å². The van der Waals surface area contributed by atoms with Crippen LogP contribution in [-0.4, -0.2) is 39.2 Å². The first-order chi connectivity index (χ1) is 10.5. The van der Waals surface area contributed by atoms with Gasteiger partial charge < -0.3 is 14.5 Å². The normalized spacial score (nSPS) is 12.9. The van der Waals surface area contributed by atoms with Crippen LogP contribution < -0.4 is 5.32 Å². The minimum atomic E-state index is -0.328. The molecule has 3 aromatic rings. The molecule has 1 amide bonds. The SMILES string of the molecule is COCC(=O)N[C@H](C)c1nc2c3c(C)c(C)oc3ncn2n1. The third kappa shape index (κ3) is 2.31. The maximum atomic E-state index is 11.6. The summed E-state index contributed by atoms with van der Waals surface area (Å²) in [4.78, 5) is 20.4. The lowest BCUT2D eigenvalue weighted by molar-refractivity contribution is -0.125. The molecule has 1 N–H and O–H groups in total. The highest BCUT2D eigenvalue weighted by Gasteiger charge is 2.19. The quantitative estimate of drug-likeness (QED) is 0.781. The topological polar surface area (TPSA) is 94.5 Å². The summed E-state index contributed by atoms with van der Waals surface area (Å²) in [5.41, 5.74) is 2.20. The Balaban J connectivity index is 2.02. The van der Waals surface area contributed by atoms with Crippen molar-refractivity contribution in [2.24, 2.45) is 0 Å². The van der Waals surface area contributed by atoms with Gasteiger partial charge in [-0.25, -0.2) is 14.5 Å². The number of amides is 1. The van der Waals surface area contributed by atoms with Crippen molar-refractivity contribution < 1.29 is 13.9 Å². The third-order valence-electron chi connectivity index (χ3n) is 3.56. The van der Waals surface area contributed by atoms with Gasteiger partial charge in [0.15, 0.2) is 11.5 Å². The van der Waals surface area contributed by atoms with Crippen LogP contribution >= 0.6 is 0 Å². The van der Waals surface area contributed by atoms with Gasteiger partial charge in [-0.1, -0.05) is 0 Å². The number of nitrogens with one attached hydrogen (secondary N) is 1. The number of hydrogen-bond acceptors (Lipinski definition) is 6. The molecular formula is C14H17N5O3. The van der Waals surface area contributed by atoms with E-state index in [1.807, 2.05) is 20.8 Å². The summed E-state index contributed by atoms with van der Waals surface area (Å²) in [6.07, 6.45) is 1.56. The number of methoxy groups -OCH3 is 1. The number of aryl methyl sites for hydroxylation is 2. The second-order valence-electron chi connectivity index (χ2n) is 5.17. The van der Waals surface area contributed by atoms with Gasteiger partial charge in [-0.15, -0.1) is 5.10 Å². The van der Waals surface area contributed by atoms with Gasteiger partial charge >= 0.3 is 0 Å². The number of ether oxygens (including phenoxy) is 1. The predicted octanol–water partition coefficient (Wildman–Crippen LogP) is 1.31. The fraction of sp³-hybridized carbons (Fsp3) is 0.429. The first kappa shape index (κ1) is 14.5. The molecule has 0 aliphatic heterocycles. The van der Waals surface area contributed by atoms with Crippen LogP contribution in [0.3, 0.4) is 0 Å². The first-order valence-corrected chi connectivity index (χ1v) is 6.90. The predicted molar refractivity (Wildman–Crippen MR) is 78.5 cm³/mol. The number of rotatable bonds is 4. The van der Waals surface area contributed by atoms with Crippen molar-refractivity contribution >= 4 is 22.7 Å². The van der Waals surface area contributed by atoms with E-state index in [0.29, 0.717) is 17.2 Å². The van der Waals surface area contributed by atoms with Crippen LogP contribution in [0, 0.1) is 13.8 Å². The van der Waals surface area contributed by atoms with E-state index in [2.05, 4.69) is 20.4 Å². The molecule has 0 aliphatic carbocycles. The molecule has 0 aliphatic rings. The van der Waals surface area contributed by atoms with Crippen molar-refractivity contribution in [2.45, 2.75) is 26.8 Å². The zero-order valence-electron chi connectivity index (χ0n) is 12.9. The number of carbonyl (C=O) groups excluding carboxylic acids is 1. The van der Waals surface area contributed by atoms with E-state index < -0.39 is 0 Å². The summed E-state index contributed by atoms with van der Waals surface area (Å²) in [6, 6.07) is -0.328. The number of furan rings is 1. The molecule has 22 heavy (non-hydrogen) atoms. The lowest BCUT2D eigenvalue weighted by Crippen LogP contribution is -2.30. The lowest BCUT2D eigenvalue weighted by atomic mass is 10.2. The molecule has 0 saturated heterocycles. The highest BCUT2D eigenvalue weighted by molar-refractivity contribution is 5.91. The minimum Gasteiger partial charge on any atom is -0.443 e. The molecule has 3 rings (SSSR count). The second kappa shape index (κ2) is 5.38. The van der Waals surface area contributed by atoms with Crippen molar-refractivity contribution in [2.75, 3.05) is 13.7 Å². The number of fused-ring (bicyclic) bond motifs is 3. The Hall–Kier alpha value is -2.48. The third-order valence-corrected chi connectivity index (χ3v) is 3.56. The molecule has 0 fully saturated rings. The van der Waals surface area contributed by atoms with Gasteiger partial charge in [-0.3, -0.25) is 4.79 Å². The number of carbonyl (C=O) groups is 1. The summed E-state index contributed by atoms with van der Waals surface area (Å²) in [7, 11) is 1.47. The monoisotopic (exact) mass is 303 g/mol. The molecule has 3 heterocycles. The molecule has 0 saturated carbocycles. The van der Waals surface area contributed by atoms with E-state index in [-0.39, 0.29) is 18.6 Å². The molecule has 0 spiro atoms. The second-order valence-corrected chi connectivity index (χ2v) is 5.17. The summed E-state index contributed by atoms with van der Waals surface area (Å²) < 4.78 is 12.0. The molecular weight excluding hydrogens is 286 g/mol. The van der Waals surface area contributed by atoms with Gasteiger partial charge in [-0.05, 0) is 20.8 Å². The van der Waals surface area contributed by atoms with Gasteiger partial charge in [0.25, 0.3) is 0 Å². The Morgan fingerprint density at radius 1 is 1.50 bits per heavy atom. The lowest BCUT2D eigenvalue weighted by Gasteiger charge is -2.09. The van der Waals surface area contributed by atoms with Gasteiger partial charge in [-0.2, -0.15) is 0 Å². The van der Waals surface area contributed by atoms with E-state index >= 15 is 0 Å². The zero-order chi connectivity index (χ0) is 15.9. The molecule has 0 bridgehead atoms. The molecule has 0 radical (unpaired) electrons. The molecule has 3 aromatic heterocycles. The van der Waals surface area contributed by atoms with Gasteiger partial charge in [0, 0.05) is 12.7 Å². The van der Waals surface area contributed by atoms with Crippen molar-refractivity contribution in [3.63, 3.8) is 0 Å². The largest absolute Gasteiger partial charge is 0.443 e. The highest BCUT2D eigenvalue weighted by Crippen LogP contribution is 2.26. The van der Waals surface area contributed by atoms with E-state index in [9.17, 15) is 4.79 Å². The van der Waals surface area contributed by atoms with Gasteiger partial charge in [0.05, 0.1) is 11.4 Å². The number of nitrogens with zero attached hydrogens (tertiary/aromatic N) is 4. The summed E-state index contributed by atoms with van der Waals surface area (Å²) in [6.45, 7) is 5.67. The van der Waals surface area contributed by atoms with E-state index in [1.54, 1.807) is 10.8 Å².